The third-order valence-corrected chi connectivity index (χ3v) is 3.63. The van der Waals surface area contributed by atoms with E-state index in [0.717, 1.165) is 29.0 Å². The molecule has 0 fully saturated rings. The number of rotatable bonds is 8. The van der Waals surface area contributed by atoms with Crippen molar-refractivity contribution in [2.24, 2.45) is 5.92 Å². The first kappa shape index (κ1) is 16.5. The zero-order chi connectivity index (χ0) is 14.3. The summed E-state index contributed by atoms with van der Waals surface area (Å²) in [6.07, 6.45) is 2.33. The maximum absolute atomic E-state index is 5.96. The molecule has 0 N–H and O–H groups in total. The Kier molecular flexibility index (Phi) is 7.40. The van der Waals surface area contributed by atoms with Crippen LogP contribution in [0.1, 0.15) is 37.8 Å². The highest BCUT2D eigenvalue weighted by atomic mass is 35.5. The lowest BCUT2D eigenvalue weighted by Crippen LogP contribution is -2.09. The number of ether oxygens (including phenoxy) is 2. The average molecular weight is 305 g/mol. The minimum Gasteiger partial charge on any atom is -0.496 e. The minimum atomic E-state index is 0.395. The molecule has 0 amide bonds. The van der Waals surface area contributed by atoms with Gasteiger partial charge in [0.05, 0.1) is 25.5 Å². The summed E-state index contributed by atoms with van der Waals surface area (Å²) in [6, 6.07) is 3.84. The number of hydrogen-bond acceptors (Lipinski definition) is 2. The molecule has 4 heteroatoms. The molecule has 1 atom stereocenters. The summed E-state index contributed by atoms with van der Waals surface area (Å²) < 4.78 is 11.2. The summed E-state index contributed by atoms with van der Waals surface area (Å²) in [5.41, 5.74) is 1.87. The molecule has 0 aromatic heterocycles. The molecule has 1 aromatic rings. The molecule has 1 rings (SSSR count). The van der Waals surface area contributed by atoms with Crippen LogP contribution in [0.5, 0.6) is 11.5 Å². The van der Waals surface area contributed by atoms with Gasteiger partial charge in [0.25, 0.3) is 0 Å². The number of methoxy groups -OCH3 is 1. The van der Waals surface area contributed by atoms with Crippen LogP contribution in [-0.2, 0) is 11.8 Å². The lowest BCUT2D eigenvalue weighted by Gasteiger charge is -2.17. The van der Waals surface area contributed by atoms with E-state index in [0.29, 0.717) is 24.3 Å². The normalized spacial score (nSPS) is 12.3. The number of hydrogen-bond donors (Lipinski definition) is 0. The van der Waals surface area contributed by atoms with Crippen molar-refractivity contribution in [2.75, 3.05) is 13.7 Å². The van der Waals surface area contributed by atoms with Crippen LogP contribution in [0.2, 0.25) is 0 Å². The molecule has 0 saturated heterocycles. The highest BCUT2D eigenvalue weighted by Gasteiger charge is 2.12. The molecule has 0 aliphatic heterocycles. The fraction of sp³-hybridized carbons (Fsp3) is 0.600. The van der Waals surface area contributed by atoms with E-state index >= 15 is 0 Å². The Hall–Kier alpha value is -0.600. The fourth-order valence-corrected chi connectivity index (χ4v) is 2.40. The van der Waals surface area contributed by atoms with Gasteiger partial charge in [0, 0.05) is 11.1 Å². The number of halogens is 2. The van der Waals surface area contributed by atoms with E-state index in [-0.39, 0.29) is 0 Å². The highest BCUT2D eigenvalue weighted by Crippen LogP contribution is 2.31. The maximum atomic E-state index is 5.96. The standard InChI is InChI=1S/C15H22Cl2O2/c1-4-5-11(2)10-19-15-7-12(8-16)14(18-3)6-13(15)9-17/h6-7,11H,4-5,8-10H2,1-3H3. The maximum Gasteiger partial charge on any atom is 0.124 e. The monoisotopic (exact) mass is 304 g/mol. The Morgan fingerprint density at radius 3 is 2.21 bits per heavy atom. The van der Waals surface area contributed by atoms with E-state index < -0.39 is 0 Å². The van der Waals surface area contributed by atoms with Crippen LogP contribution in [0.3, 0.4) is 0 Å². The van der Waals surface area contributed by atoms with Crippen molar-refractivity contribution in [3.05, 3.63) is 23.3 Å². The summed E-state index contributed by atoms with van der Waals surface area (Å²) >= 11 is 11.9. The molecule has 2 nitrogen and oxygen atoms in total. The molecule has 19 heavy (non-hydrogen) atoms. The van der Waals surface area contributed by atoms with Gasteiger partial charge in [-0.05, 0) is 24.5 Å². The van der Waals surface area contributed by atoms with E-state index in [1.807, 2.05) is 12.1 Å². The summed E-state index contributed by atoms with van der Waals surface area (Å²) in [5, 5.41) is 0. The first-order chi connectivity index (χ1) is 9.15. The Morgan fingerprint density at radius 1 is 1.11 bits per heavy atom. The third-order valence-electron chi connectivity index (χ3n) is 3.06. The van der Waals surface area contributed by atoms with E-state index in [9.17, 15) is 0 Å². The second-order valence-corrected chi connectivity index (χ2v) is 5.28. The summed E-state index contributed by atoms with van der Waals surface area (Å²) in [7, 11) is 1.63. The van der Waals surface area contributed by atoms with Crippen LogP contribution in [0, 0.1) is 5.92 Å². The van der Waals surface area contributed by atoms with Gasteiger partial charge >= 0.3 is 0 Å². The van der Waals surface area contributed by atoms with Crippen molar-refractivity contribution in [2.45, 2.75) is 38.4 Å². The van der Waals surface area contributed by atoms with Gasteiger partial charge in [-0.25, -0.2) is 0 Å². The van der Waals surface area contributed by atoms with Crippen LogP contribution in [0.4, 0.5) is 0 Å². The van der Waals surface area contributed by atoms with Gasteiger partial charge in [0.15, 0.2) is 0 Å². The molecule has 0 saturated carbocycles. The Labute approximate surface area is 126 Å². The number of benzene rings is 1. The van der Waals surface area contributed by atoms with E-state index in [1.165, 1.54) is 6.42 Å². The zero-order valence-electron chi connectivity index (χ0n) is 11.8. The van der Waals surface area contributed by atoms with Crippen molar-refractivity contribution in [1.29, 1.82) is 0 Å². The van der Waals surface area contributed by atoms with Gasteiger partial charge in [-0.1, -0.05) is 20.3 Å². The smallest absolute Gasteiger partial charge is 0.124 e. The molecule has 0 bridgehead atoms. The Morgan fingerprint density at radius 2 is 1.68 bits per heavy atom. The second-order valence-electron chi connectivity index (χ2n) is 4.74. The Balaban J connectivity index is 2.86. The third kappa shape index (κ3) is 4.77. The summed E-state index contributed by atoms with van der Waals surface area (Å²) in [6.45, 7) is 5.07. The van der Waals surface area contributed by atoms with Crippen molar-refractivity contribution < 1.29 is 9.47 Å². The largest absolute Gasteiger partial charge is 0.496 e. The van der Waals surface area contributed by atoms with E-state index in [4.69, 9.17) is 32.7 Å². The lowest BCUT2D eigenvalue weighted by atomic mass is 10.1. The molecule has 0 aliphatic rings. The van der Waals surface area contributed by atoms with Gasteiger partial charge in [0.2, 0.25) is 0 Å². The zero-order valence-corrected chi connectivity index (χ0v) is 13.4. The first-order valence-electron chi connectivity index (χ1n) is 6.60. The van der Waals surface area contributed by atoms with Crippen LogP contribution < -0.4 is 9.47 Å². The Bertz CT molecular complexity index is 394. The predicted octanol–water partition coefficient (Wildman–Crippen LogP) is 4.99. The van der Waals surface area contributed by atoms with Gasteiger partial charge in [-0.15, -0.1) is 23.2 Å². The van der Waals surface area contributed by atoms with Crippen LogP contribution >= 0.6 is 23.2 Å². The molecular weight excluding hydrogens is 283 g/mol. The molecule has 0 aliphatic carbocycles. The van der Waals surface area contributed by atoms with Gasteiger partial charge in [-0.3, -0.25) is 0 Å². The van der Waals surface area contributed by atoms with Crippen molar-refractivity contribution in [3.63, 3.8) is 0 Å². The van der Waals surface area contributed by atoms with Crippen LogP contribution in [-0.4, -0.2) is 13.7 Å². The summed E-state index contributed by atoms with van der Waals surface area (Å²) in [5.74, 6) is 2.91. The van der Waals surface area contributed by atoms with E-state index in [1.54, 1.807) is 7.11 Å². The van der Waals surface area contributed by atoms with Crippen molar-refractivity contribution in [3.8, 4) is 11.5 Å². The van der Waals surface area contributed by atoms with Crippen molar-refractivity contribution >= 4 is 23.2 Å². The molecule has 0 radical (unpaired) electrons. The topological polar surface area (TPSA) is 18.5 Å². The highest BCUT2D eigenvalue weighted by molar-refractivity contribution is 6.18. The summed E-state index contributed by atoms with van der Waals surface area (Å²) in [4.78, 5) is 0. The molecule has 108 valence electrons. The molecule has 0 spiro atoms. The average Bonchev–Trinajstić information content (AvgIpc) is 2.44. The molecule has 1 aromatic carbocycles. The quantitative estimate of drug-likeness (QED) is 0.630. The van der Waals surface area contributed by atoms with Gasteiger partial charge in [-0.2, -0.15) is 0 Å². The first-order valence-corrected chi connectivity index (χ1v) is 7.67. The number of alkyl halides is 2. The van der Waals surface area contributed by atoms with Gasteiger partial charge < -0.3 is 9.47 Å². The van der Waals surface area contributed by atoms with Crippen LogP contribution in [0.25, 0.3) is 0 Å². The molecule has 1 unspecified atom stereocenters. The minimum absolute atomic E-state index is 0.395. The van der Waals surface area contributed by atoms with Crippen LogP contribution in [0.15, 0.2) is 12.1 Å². The lowest BCUT2D eigenvalue weighted by molar-refractivity contribution is 0.249. The van der Waals surface area contributed by atoms with E-state index in [2.05, 4.69) is 13.8 Å². The molecular formula is C15H22Cl2O2. The second kappa shape index (κ2) is 8.55. The molecule has 0 heterocycles. The SMILES string of the molecule is CCCC(C)COc1cc(CCl)c(OC)cc1CCl. The van der Waals surface area contributed by atoms with Crippen molar-refractivity contribution in [1.82, 2.24) is 0 Å². The predicted molar refractivity (Wildman–Crippen MR) is 81.7 cm³/mol. The van der Waals surface area contributed by atoms with Gasteiger partial charge in [0.1, 0.15) is 11.5 Å². The fourth-order valence-electron chi connectivity index (χ4n) is 1.99.